The third kappa shape index (κ3) is 6.03. The van der Waals surface area contributed by atoms with Crippen molar-refractivity contribution in [3.8, 4) is 17.2 Å². The number of rotatable bonds is 9. The van der Waals surface area contributed by atoms with Crippen LogP contribution in [0.2, 0.25) is 0 Å². The highest BCUT2D eigenvalue weighted by molar-refractivity contribution is 5.78. The number of nitrogens with zero attached hydrogens (tertiary/aromatic N) is 1. The molecule has 1 heterocycles. The van der Waals surface area contributed by atoms with Crippen LogP contribution in [0.1, 0.15) is 38.7 Å². The van der Waals surface area contributed by atoms with Crippen LogP contribution in [0.3, 0.4) is 0 Å². The van der Waals surface area contributed by atoms with Gasteiger partial charge in [0.2, 0.25) is 11.7 Å². The molecule has 0 radical (unpaired) electrons. The van der Waals surface area contributed by atoms with E-state index in [9.17, 15) is 4.79 Å². The molecule has 0 atom stereocenters. The number of piperidine rings is 1. The van der Waals surface area contributed by atoms with E-state index in [4.69, 9.17) is 14.2 Å². The topological polar surface area (TPSA) is 60.0 Å². The van der Waals surface area contributed by atoms with Crippen LogP contribution in [0, 0.1) is 11.8 Å². The van der Waals surface area contributed by atoms with Gasteiger partial charge in [0.15, 0.2) is 11.5 Å². The quantitative estimate of drug-likeness (QED) is 0.716. The fourth-order valence-electron chi connectivity index (χ4n) is 3.47. The lowest BCUT2D eigenvalue weighted by molar-refractivity contribution is -0.126. The first-order chi connectivity index (χ1) is 13.0. The van der Waals surface area contributed by atoms with Crippen molar-refractivity contribution in [1.82, 2.24) is 10.2 Å². The second-order valence-corrected chi connectivity index (χ2v) is 7.56. The summed E-state index contributed by atoms with van der Waals surface area (Å²) in [5.41, 5.74) is 1.12. The number of carbonyl (C=O) groups is 1. The number of carbonyl (C=O) groups excluding carboxylic acids is 1. The van der Waals surface area contributed by atoms with E-state index in [0.717, 1.165) is 51.0 Å². The Labute approximate surface area is 163 Å². The van der Waals surface area contributed by atoms with Gasteiger partial charge in [0.25, 0.3) is 0 Å². The van der Waals surface area contributed by atoms with Crippen molar-refractivity contribution >= 4 is 5.91 Å². The van der Waals surface area contributed by atoms with E-state index < -0.39 is 0 Å². The van der Waals surface area contributed by atoms with Gasteiger partial charge in [-0.15, -0.1) is 0 Å². The average molecular weight is 379 g/mol. The van der Waals surface area contributed by atoms with Crippen molar-refractivity contribution < 1.29 is 19.0 Å². The first kappa shape index (κ1) is 21.4. The van der Waals surface area contributed by atoms with Gasteiger partial charge in [0.1, 0.15) is 0 Å². The molecule has 1 aliphatic heterocycles. The summed E-state index contributed by atoms with van der Waals surface area (Å²) in [7, 11) is 4.87. The van der Waals surface area contributed by atoms with E-state index in [2.05, 4.69) is 24.1 Å². The molecule has 27 heavy (non-hydrogen) atoms. The van der Waals surface area contributed by atoms with E-state index in [1.54, 1.807) is 21.3 Å². The van der Waals surface area contributed by atoms with Gasteiger partial charge in [-0.25, -0.2) is 0 Å². The number of hydrogen-bond acceptors (Lipinski definition) is 5. The molecule has 0 spiro atoms. The summed E-state index contributed by atoms with van der Waals surface area (Å²) in [6.07, 6.45) is 2.83. The van der Waals surface area contributed by atoms with Crippen molar-refractivity contribution in [2.75, 3.05) is 41.0 Å². The van der Waals surface area contributed by atoms with Crippen LogP contribution in [0.5, 0.6) is 17.2 Å². The summed E-state index contributed by atoms with van der Waals surface area (Å²) < 4.78 is 16.3. The molecule has 0 saturated carbocycles. The minimum atomic E-state index is 0.133. The highest BCUT2D eigenvalue weighted by Crippen LogP contribution is 2.38. The van der Waals surface area contributed by atoms with Crippen molar-refractivity contribution in [2.24, 2.45) is 11.8 Å². The zero-order chi connectivity index (χ0) is 19.8. The number of methoxy groups -OCH3 is 3. The Morgan fingerprint density at radius 3 is 2.19 bits per heavy atom. The third-order valence-corrected chi connectivity index (χ3v) is 5.11. The number of amides is 1. The Bertz CT molecular complexity index is 585. The Balaban J connectivity index is 1.89. The summed E-state index contributed by atoms with van der Waals surface area (Å²) >= 11 is 0. The van der Waals surface area contributed by atoms with Gasteiger partial charge in [-0.1, -0.05) is 13.8 Å². The lowest BCUT2D eigenvalue weighted by Crippen LogP contribution is -2.40. The smallest absolute Gasteiger partial charge is 0.223 e. The molecular formula is C21H34N2O4. The van der Waals surface area contributed by atoms with Crippen LogP contribution in [0.25, 0.3) is 0 Å². The molecule has 1 amide bonds. The highest BCUT2D eigenvalue weighted by Gasteiger charge is 2.25. The van der Waals surface area contributed by atoms with Gasteiger partial charge in [-0.2, -0.15) is 0 Å². The number of ether oxygens (including phenoxy) is 3. The molecule has 2 rings (SSSR count). The summed E-state index contributed by atoms with van der Waals surface area (Å²) in [6, 6.07) is 3.98. The zero-order valence-electron chi connectivity index (χ0n) is 17.3. The summed E-state index contributed by atoms with van der Waals surface area (Å²) in [5.74, 6) is 2.92. The van der Waals surface area contributed by atoms with Gasteiger partial charge in [0.05, 0.1) is 21.3 Å². The van der Waals surface area contributed by atoms with Gasteiger partial charge in [-0.05, 0) is 56.0 Å². The first-order valence-electron chi connectivity index (χ1n) is 9.77. The van der Waals surface area contributed by atoms with Crippen LogP contribution in [-0.2, 0) is 11.3 Å². The molecule has 0 aliphatic carbocycles. The van der Waals surface area contributed by atoms with Crippen LogP contribution in [0.4, 0.5) is 0 Å². The molecule has 1 aliphatic rings. The van der Waals surface area contributed by atoms with Gasteiger partial charge in [0, 0.05) is 19.0 Å². The summed E-state index contributed by atoms with van der Waals surface area (Å²) in [6.45, 7) is 7.76. The van der Waals surface area contributed by atoms with E-state index in [1.807, 2.05) is 12.1 Å². The zero-order valence-corrected chi connectivity index (χ0v) is 17.3. The summed E-state index contributed by atoms with van der Waals surface area (Å²) in [4.78, 5) is 14.7. The SMILES string of the molecule is COc1cc(CN2CCC(C(=O)NCCC(C)C)CC2)cc(OC)c1OC. The van der Waals surface area contributed by atoms with E-state index in [-0.39, 0.29) is 11.8 Å². The maximum Gasteiger partial charge on any atom is 0.223 e. The highest BCUT2D eigenvalue weighted by atomic mass is 16.5. The van der Waals surface area contributed by atoms with Gasteiger partial charge in [-0.3, -0.25) is 9.69 Å². The summed E-state index contributed by atoms with van der Waals surface area (Å²) in [5, 5.41) is 3.09. The fraction of sp³-hybridized carbons (Fsp3) is 0.667. The predicted molar refractivity (Wildman–Crippen MR) is 107 cm³/mol. The maximum absolute atomic E-state index is 12.3. The largest absolute Gasteiger partial charge is 0.493 e. The predicted octanol–water partition coefficient (Wildman–Crippen LogP) is 3.09. The molecule has 0 bridgehead atoms. The normalized spacial score (nSPS) is 15.6. The first-order valence-corrected chi connectivity index (χ1v) is 9.77. The monoisotopic (exact) mass is 378 g/mol. The molecule has 1 aromatic rings. The van der Waals surface area contributed by atoms with Crippen LogP contribution in [-0.4, -0.2) is 51.8 Å². The molecule has 1 fully saturated rings. The van der Waals surface area contributed by atoms with Crippen molar-refractivity contribution in [2.45, 2.75) is 39.7 Å². The number of likely N-dealkylation sites (tertiary alicyclic amines) is 1. The standard InChI is InChI=1S/C21H34N2O4/c1-15(2)6-9-22-21(24)17-7-10-23(11-8-17)14-16-12-18(25-3)20(27-5)19(13-16)26-4/h12-13,15,17H,6-11,14H2,1-5H3,(H,22,24). The van der Waals surface area contributed by atoms with Crippen molar-refractivity contribution in [1.29, 1.82) is 0 Å². The number of benzene rings is 1. The Kier molecular flexibility index (Phi) is 8.23. The molecular weight excluding hydrogens is 344 g/mol. The maximum atomic E-state index is 12.3. The number of nitrogens with one attached hydrogen (secondary N) is 1. The lowest BCUT2D eigenvalue weighted by Gasteiger charge is -2.31. The minimum Gasteiger partial charge on any atom is -0.493 e. The Hall–Kier alpha value is -1.95. The molecule has 6 heteroatoms. The molecule has 0 unspecified atom stereocenters. The Morgan fingerprint density at radius 1 is 1.11 bits per heavy atom. The molecule has 1 N–H and O–H groups in total. The third-order valence-electron chi connectivity index (χ3n) is 5.11. The van der Waals surface area contributed by atoms with Crippen LogP contribution in [0.15, 0.2) is 12.1 Å². The molecule has 152 valence electrons. The van der Waals surface area contributed by atoms with Crippen LogP contribution < -0.4 is 19.5 Å². The lowest BCUT2D eigenvalue weighted by atomic mass is 9.95. The molecule has 0 aromatic heterocycles. The van der Waals surface area contributed by atoms with Crippen molar-refractivity contribution in [3.05, 3.63) is 17.7 Å². The van der Waals surface area contributed by atoms with E-state index in [0.29, 0.717) is 23.2 Å². The molecule has 1 saturated heterocycles. The second-order valence-electron chi connectivity index (χ2n) is 7.56. The average Bonchev–Trinajstić information content (AvgIpc) is 2.67. The van der Waals surface area contributed by atoms with E-state index in [1.165, 1.54) is 0 Å². The fourth-order valence-corrected chi connectivity index (χ4v) is 3.47. The number of hydrogen-bond donors (Lipinski definition) is 1. The van der Waals surface area contributed by atoms with Gasteiger partial charge >= 0.3 is 0 Å². The van der Waals surface area contributed by atoms with E-state index >= 15 is 0 Å². The Morgan fingerprint density at radius 2 is 1.70 bits per heavy atom. The second kappa shape index (κ2) is 10.4. The van der Waals surface area contributed by atoms with Gasteiger partial charge < -0.3 is 19.5 Å². The molecule has 6 nitrogen and oxygen atoms in total. The van der Waals surface area contributed by atoms with Crippen LogP contribution >= 0.6 is 0 Å². The van der Waals surface area contributed by atoms with Crippen molar-refractivity contribution in [3.63, 3.8) is 0 Å². The minimum absolute atomic E-state index is 0.133. The molecule has 1 aromatic carbocycles.